The van der Waals surface area contributed by atoms with E-state index in [4.69, 9.17) is 9.39 Å². The second kappa shape index (κ2) is 9.77. The summed E-state index contributed by atoms with van der Waals surface area (Å²) in [5.74, 6) is 4.09. The number of nitrogens with one attached hydrogen (secondary N) is 3. The highest BCUT2D eigenvalue weighted by Crippen LogP contribution is 2.32. The number of nitrogens with zero attached hydrogens (tertiary/aromatic N) is 2. The van der Waals surface area contributed by atoms with Gasteiger partial charge in [0.15, 0.2) is 0 Å². The number of piperidine rings is 1. The third kappa shape index (κ3) is 5.80. The summed E-state index contributed by atoms with van der Waals surface area (Å²) in [6.45, 7) is 3.74. The molecule has 4 heterocycles. The molecule has 0 aromatic heterocycles. The van der Waals surface area contributed by atoms with Crippen LogP contribution in [0.15, 0.2) is 0 Å². The van der Waals surface area contributed by atoms with Gasteiger partial charge in [0.25, 0.3) is 5.91 Å². The number of hydrogen-bond acceptors (Lipinski definition) is 8. The maximum atomic E-state index is 12.5. The van der Waals surface area contributed by atoms with Gasteiger partial charge in [0.05, 0.1) is 12.6 Å². The summed E-state index contributed by atoms with van der Waals surface area (Å²) in [5, 5.41) is 7.49. The molecule has 31 heavy (non-hydrogen) atoms. The monoisotopic (exact) mass is 481 g/mol. The van der Waals surface area contributed by atoms with E-state index >= 15 is 0 Å². The molecule has 178 valence electrons. The first-order valence-electron chi connectivity index (χ1n) is 10.6. The third-order valence-corrected chi connectivity index (χ3v) is 9.39. The van der Waals surface area contributed by atoms with Crippen molar-refractivity contribution < 1.29 is 31.7 Å². The van der Waals surface area contributed by atoms with Gasteiger partial charge in [-0.05, 0) is 49.0 Å². The molecule has 0 saturated carbocycles. The number of fused-ring (bicyclic) bond motifs is 2. The lowest BCUT2D eigenvalue weighted by Crippen LogP contribution is -2.50. The Morgan fingerprint density at radius 2 is 2.06 bits per heavy atom. The molecule has 4 fully saturated rings. The summed E-state index contributed by atoms with van der Waals surface area (Å²) in [6, 6.07) is -1.88. The van der Waals surface area contributed by atoms with E-state index < -0.39 is 34.4 Å². The zero-order valence-electron chi connectivity index (χ0n) is 17.2. The first-order chi connectivity index (χ1) is 14.8. The molecule has 0 radical (unpaired) electrons. The number of rotatable bonds is 8. The Kier molecular flexibility index (Phi) is 7.25. The highest BCUT2D eigenvalue weighted by molar-refractivity contribution is 8.17. The summed E-state index contributed by atoms with van der Waals surface area (Å²) in [4.78, 5) is 31.6. The minimum absolute atomic E-state index is 0.128. The zero-order chi connectivity index (χ0) is 22.0. The molecule has 4 atom stereocenters. The van der Waals surface area contributed by atoms with Crippen molar-refractivity contribution in [1.82, 2.24) is 26.1 Å². The smallest absolute Gasteiger partial charge is 0.315 e. The maximum Gasteiger partial charge on any atom is 0.418 e. The summed E-state index contributed by atoms with van der Waals surface area (Å²) in [7, 11) is -4.68. The van der Waals surface area contributed by atoms with Crippen LogP contribution in [0.2, 0.25) is 0 Å². The van der Waals surface area contributed by atoms with Crippen molar-refractivity contribution in [3.8, 4) is 0 Å². The highest BCUT2D eigenvalue weighted by Gasteiger charge is 2.49. The van der Waals surface area contributed by atoms with Gasteiger partial charge in [-0.15, -0.1) is 4.28 Å². The van der Waals surface area contributed by atoms with Crippen LogP contribution in [-0.2, 0) is 24.3 Å². The van der Waals surface area contributed by atoms with E-state index in [1.165, 1.54) is 22.2 Å². The van der Waals surface area contributed by atoms with Crippen molar-refractivity contribution >= 4 is 33.2 Å². The predicted molar refractivity (Wildman–Crippen MR) is 114 cm³/mol. The lowest BCUT2D eigenvalue weighted by Gasteiger charge is -2.29. The Bertz CT molecular complexity index is 779. The minimum Gasteiger partial charge on any atom is -0.315 e. The summed E-state index contributed by atoms with van der Waals surface area (Å²) < 4.78 is 35.1. The molecule has 12 nitrogen and oxygen atoms in total. The van der Waals surface area contributed by atoms with Crippen LogP contribution in [0.4, 0.5) is 4.79 Å². The van der Waals surface area contributed by atoms with Crippen molar-refractivity contribution in [3.05, 3.63) is 0 Å². The van der Waals surface area contributed by atoms with Gasteiger partial charge < -0.3 is 15.5 Å². The molecule has 0 aliphatic carbocycles. The molecule has 4 aliphatic heterocycles. The van der Waals surface area contributed by atoms with Gasteiger partial charge in [0.2, 0.25) is 0 Å². The van der Waals surface area contributed by atoms with Crippen LogP contribution in [0.25, 0.3) is 0 Å². The number of carbonyl (C=O) groups is 2. The van der Waals surface area contributed by atoms with Crippen molar-refractivity contribution in [1.29, 1.82) is 0 Å². The molecule has 4 aliphatic rings. The van der Waals surface area contributed by atoms with Gasteiger partial charge >= 0.3 is 16.4 Å². The van der Waals surface area contributed by atoms with E-state index in [1.807, 2.05) is 0 Å². The largest absolute Gasteiger partial charge is 0.418 e. The molecule has 3 amide bonds. The first-order valence-corrected chi connectivity index (χ1v) is 13.9. The molecule has 4 saturated heterocycles. The fourth-order valence-electron chi connectivity index (χ4n) is 4.81. The van der Waals surface area contributed by atoms with Crippen LogP contribution in [0.3, 0.4) is 0 Å². The average molecular weight is 482 g/mol. The molecule has 4 N–H and O–H groups in total. The standard InChI is InChI=1S/C17H31N5O7S2/c23-16(15-2-1-14-9-21(15)17(24)22(14)29-31(25,26)27)20-28-10-13-7-12(8-19-13)11-30-5-3-18-4-6-30/h12-15,18-19,30H,1-11H2,(H,20,23)(H,25,26,27)/t12-,13+,14+,15+/m1/s1. The van der Waals surface area contributed by atoms with Crippen molar-refractivity contribution in [2.45, 2.75) is 37.4 Å². The van der Waals surface area contributed by atoms with Crippen molar-refractivity contribution in [3.63, 3.8) is 0 Å². The number of hydrogen-bond donors (Lipinski definition) is 5. The van der Waals surface area contributed by atoms with Gasteiger partial charge in [0, 0.05) is 25.7 Å². The highest BCUT2D eigenvalue weighted by atomic mass is 32.3. The quantitative estimate of drug-likeness (QED) is 0.161. The summed E-state index contributed by atoms with van der Waals surface area (Å²) >= 11 is 0. The Hall–Kier alpha value is -1.16. The maximum absolute atomic E-state index is 12.5. The Morgan fingerprint density at radius 1 is 1.29 bits per heavy atom. The predicted octanol–water partition coefficient (Wildman–Crippen LogP) is -1.38. The average Bonchev–Trinajstić information content (AvgIpc) is 3.26. The van der Waals surface area contributed by atoms with Crippen LogP contribution in [0, 0.1) is 5.92 Å². The number of amides is 3. The van der Waals surface area contributed by atoms with E-state index in [9.17, 15) is 18.0 Å². The summed E-state index contributed by atoms with van der Waals surface area (Å²) in [5.41, 5.74) is 2.44. The fraction of sp³-hybridized carbons (Fsp3) is 0.882. The van der Waals surface area contributed by atoms with E-state index in [2.05, 4.69) is 20.4 Å². The van der Waals surface area contributed by atoms with Gasteiger partial charge in [-0.25, -0.2) is 10.3 Å². The SMILES string of the molecule is O=C(NOC[C@@H]1C[C@@H](C[SH]2CCNCC2)CN1)[C@@H]1CC[C@H]2CN1C(=O)N2OS(=O)(=O)O. The first kappa shape index (κ1) is 23.0. The van der Waals surface area contributed by atoms with Crippen LogP contribution in [0.5, 0.6) is 0 Å². The number of thiol groups is 1. The Morgan fingerprint density at radius 3 is 2.81 bits per heavy atom. The molecular weight excluding hydrogens is 450 g/mol. The van der Waals surface area contributed by atoms with Gasteiger partial charge in [0.1, 0.15) is 6.04 Å². The second-order valence-electron chi connectivity index (χ2n) is 8.54. The van der Waals surface area contributed by atoms with Crippen LogP contribution in [-0.4, -0.2) is 103 Å². The third-order valence-electron chi connectivity index (χ3n) is 6.30. The second-order valence-corrected chi connectivity index (χ2v) is 12.2. The molecule has 2 bridgehead atoms. The Balaban J connectivity index is 1.19. The molecule has 0 aromatic rings. The lowest BCUT2D eigenvalue weighted by atomic mass is 10.0. The van der Waals surface area contributed by atoms with E-state index in [1.54, 1.807) is 0 Å². The zero-order valence-corrected chi connectivity index (χ0v) is 18.9. The van der Waals surface area contributed by atoms with Gasteiger partial charge in [-0.1, -0.05) is 0 Å². The van der Waals surface area contributed by atoms with Crippen LogP contribution in [0.1, 0.15) is 19.3 Å². The molecule has 0 unspecified atom stereocenters. The fourth-order valence-corrected chi connectivity index (χ4v) is 7.75. The number of carbonyl (C=O) groups excluding carboxylic acids is 2. The molecule has 14 heteroatoms. The van der Waals surface area contributed by atoms with Gasteiger partial charge in [-0.2, -0.15) is 13.5 Å². The van der Waals surface area contributed by atoms with E-state index in [-0.39, 0.29) is 23.5 Å². The molecule has 4 rings (SSSR count). The Labute approximate surface area is 184 Å². The lowest BCUT2D eigenvalue weighted by molar-refractivity contribution is -0.139. The molecule has 0 aromatic carbocycles. The van der Waals surface area contributed by atoms with Crippen molar-refractivity contribution in [2.75, 3.05) is 50.0 Å². The van der Waals surface area contributed by atoms with Gasteiger partial charge in [-0.3, -0.25) is 25.1 Å². The summed E-state index contributed by atoms with van der Waals surface area (Å²) in [6.07, 6.45) is 1.75. The minimum atomic E-state index is -4.81. The number of urea groups is 1. The van der Waals surface area contributed by atoms with Crippen molar-refractivity contribution in [2.24, 2.45) is 5.92 Å². The van der Waals surface area contributed by atoms with Crippen LogP contribution >= 0.6 is 10.9 Å². The number of hydroxylamine groups is 3. The topological polar surface area (TPSA) is 150 Å². The molecule has 0 spiro atoms. The van der Waals surface area contributed by atoms with E-state index in [0.29, 0.717) is 30.4 Å². The molecular formula is C17H31N5O7S2. The van der Waals surface area contributed by atoms with Crippen LogP contribution < -0.4 is 16.1 Å². The normalized spacial score (nSPS) is 32.5. The van der Waals surface area contributed by atoms with E-state index in [0.717, 1.165) is 26.1 Å².